The molecule has 0 saturated carbocycles. The van der Waals surface area contributed by atoms with Crippen LogP contribution in [0.25, 0.3) is 5.65 Å². The smallest absolute Gasteiger partial charge is 0.183 e. The van der Waals surface area contributed by atoms with Gasteiger partial charge in [-0.15, -0.1) is 10.2 Å². The molecule has 0 atom stereocenters. The molecule has 2 heterocycles. The van der Waals surface area contributed by atoms with Gasteiger partial charge < -0.3 is 0 Å². The van der Waals surface area contributed by atoms with Crippen molar-refractivity contribution in [1.82, 2.24) is 9.38 Å². The van der Waals surface area contributed by atoms with Crippen molar-refractivity contribution in [1.29, 1.82) is 5.26 Å². The van der Waals surface area contributed by atoms with Gasteiger partial charge in [-0.3, -0.25) is 4.40 Å². The molecular weight excluding hydrogens is 298 g/mol. The van der Waals surface area contributed by atoms with Crippen LogP contribution in [0, 0.1) is 18.3 Å². The van der Waals surface area contributed by atoms with Crippen molar-refractivity contribution in [2.45, 2.75) is 33.1 Å². The second-order valence-electron chi connectivity index (χ2n) is 6.83. The van der Waals surface area contributed by atoms with Crippen LogP contribution in [0.2, 0.25) is 0 Å². The summed E-state index contributed by atoms with van der Waals surface area (Å²) in [6.07, 6.45) is 2.01. The van der Waals surface area contributed by atoms with Gasteiger partial charge in [-0.2, -0.15) is 5.26 Å². The molecule has 5 heteroatoms. The molecule has 24 heavy (non-hydrogen) atoms. The number of imidazole rings is 1. The van der Waals surface area contributed by atoms with Crippen molar-refractivity contribution in [3.8, 4) is 6.07 Å². The Hall–Kier alpha value is -3.00. The Bertz CT molecular complexity index is 968. The first-order valence-corrected chi connectivity index (χ1v) is 7.79. The zero-order valence-corrected chi connectivity index (χ0v) is 14.3. The lowest BCUT2D eigenvalue weighted by molar-refractivity contribution is 0.574. The van der Waals surface area contributed by atoms with Gasteiger partial charge in [0.1, 0.15) is 5.65 Å². The highest BCUT2D eigenvalue weighted by Gasteiger charge is 2.24. The fraction of sp³-hybridized carbons (Fsp3) is 0.263. The average Bonchev–Trinajstić information content (AvgIpc) is 2.91. The first-order chi connectivity index (χ1) is 11.4. The third kappa shape index (κ3) is 3.04. The molecule has 3 rings (SSSR count). The second kappa shape index (κ2) is 5.89. The number of pyridine rings is 1. The fourth-order valence-electron chi connectivity index (χ4n) is 2.48. The summed E-state index contributed by atoms with van der Waals surface area (Å²) < 4.78 is 1.97. The van der Waals surface area contributed by atoms with E-state index in [1.807, 2.05) is 35.7 Å². The number of hydrogen-bond acceptors (Lipinski definition) is 4. The summed E-state index contributed by atoms with van der Waals surface area (Å²) in [6.45, 7) is 8.36. The highest BCUT2D eigenvalue weighted by Crippen LogP contribution is 2.33. The van der Waals surface area contributed by atoms with E-state index in [0.29, 0.717) is 11.3 Å². The number of hydrogen-bond donors (Lipinski definition) is 0. The van der Waals surface area contributed by atoms with E-state index in [0.717, 1.165) is 22.7 Å². The van der Waals surface area contributed by atoms with Crippen LogP contribution >= 0.6 is 0 Å². The summed E-state index contributed by atoms with van der Waals surface area (Å²) in [5.74, 6) is 0.726. The predicted octanol–water partition coefficient (Wildman–Crippen LogP) is 5.23. The van der Waals surface area contributed by atoms with E-state index in [-0.39, 0.29) is 5.41 Å². The van der Waals surface area contributed by atoms with Crippen LogP contribution in [-0.4, -0.2) is 9.38 Å². The number of aromatic nitrogens is 2. The Morgan fingerprint density at radius 3 is 2.62 bits per heavy atom. The maximum absolute atomic E-state index is 9.00. The lowest BCUT2D eigenvalue weighted by Crippen LogP contribution is -2.11. The Morgan fingerprint density at radius 2 is 1.92 bits per heavy atom. The molecule has 0 spiro atoms. The van der Waals surface area contributed by atoms with E-state index in [4.69, 9.17) is 10.2 Å². The van der Waals surface area contributed by atoms with Crippen molar-refractivity contribution in [2.24, 2.45) is 10.2 Å². The number of rotatable bonds is 2. The Balaban J connectivity index is 2.15. The van der Waals surface area contributed by atoms with E-state index < -0.39 is 0 Å². The molecule has 0 aliphatic carbocycles. The predicted molar refractivity (Wildman–Crippen MR) is 94.0 cm³/mol. The van der Waals surface area contributed by atoms with Crippen LogP contribution in [0.1, 0.15) is 37.6 Å². The monoisotopic (exact) mass is 317 g/mol. The standard InChI is InChI=1S/C19H19N5/c1-13-8-9-16-21-17(19(2,3)4)18(24(16)12-13)23-22-15-7-5-6-14(10-15)11-20/h5-10,12H,1-4H3. The van der Waals surface area contributed by atoms with Gasteiger partial charge in [0.2, 0.25) is 0 Å². The molecule has 0 saturated heterocycles. The van der Waals surface area contributed by atoms with Crippen LogP contribution in [0.3, 0.4) is 0 Å². The number of fused-ring (bicyclic) bond motifs is 1. The third-order valence-electron chi connectivity index (χ3n) is 3.69. The van der Waals surface area contributed by atoms with Crippen LogP contribution in [0.15, 0.2) is 52.8 Å². The van der Waals surface area contributed by atoms with E-state index in [2.05, 4.69) is 37.1 Å². The van der Waals surface area contributed by atoms with Crippen LogP contribution < -0.4 is 0 Å². The molecule has 0 unspecified atom stereocenters. The number of nitriles is 1. The summed E-state index contributed by atoms with van der Waals surface area (Å²) in [4.78, 5) is 4.73. The highest BCUT2D eigenvalue weighted by atomic mass is 15.2. The van der Waals surface area contributed by atoms with Crippen LogP contribution in [-0.2, 0) is 5.41 Å². The van der Waals surface area contributed by atoms with Gasteiger partial charge in [0.15, 0.2) is 5.82 Å². The lowest BCUT2D eigenvalue weighted by atomic mass is 9.92. The van der Waals surface area contributed by atoms with Crippen LogP contribution in [0.5, 0.6) is 0 Å². The maximum Gasteiger partial charge on any atom is 0.183 e. The molecule has 3 aromatic rings. The normalized spacial score (nSPS) is 12.0. The van der Waals surface area contributed by atoms with Crippen molar-refractivity contribution < 1.29 is 0 Å². The van der Waals surface area contributed by atoms with Crippen molar-refractivity contribution in [3.05, 3.63) is 59.4 Å². The molecule has 0 aliphatic rings. The van der Waals surface area contributed by atoms with E-state index >= 15 is 0 Å². The molecule has 0 amide bonds. The number of azo groups is 1. The van der Waals surface area contributed by atoms with E-state index in [1.165, 1.54) is 0 Å². The lowest BCUT2D eigenvalue weighted by Gasteiger charge is -2.15. The number of aryl methyl sites for hydroxylation is 1. The summed E-state index contributed by atoms with van der Waals surface area (Å²) in [5, 5.41) is 17.8. The average molecular weight is 317 g/mol. The first-order valence-electron chi connectivity index (χ1n) is 7.79. The molecule has 0 radical (unpaired) electrons. The fourth-order valence-corrected chi connectivity index (χ4v) is 2.48. The largest absolute Gasteiger partial charge is 0.283 e. The third-order valence-corrected chi connectivity index (χ3v) is 3.69. The van der Waals surface area contributed by atoms with Gasteiger partial charge in [-0.1, -0.05) is 32.9 Å². The Kier molecular flexibility index (Phi) is 3.90. The number of nitrogens with zero attached hydrogens (tertiary/aromatic N) is 5. The van der Waals surface area contributed by atoms with Crippen LogP contribution in [0.4, 0.5) is 11.5 Å². The minimum Gasteiger partial charge on any atom is -0.283 e. The maximum atomic E-state index is 9.00. The molecule has 5 nitrogen and oxygen atoms in total. The van der Waals surface area contributed by atoms with Crippen molar-refractivity contribution >= 4 is 17.2 Å². The SMILES string of the molecule is Cc1ccc2nc(C(C)(C)C)c(N=Nc3cccc(C#N)c3)n2c1. The molecule has 1 aromatic carbocycles. The quantitative estimate of drug-likeness (QED) is 0.607. The van der Waals surface area contributed by atoms with Gasteiger partial charge in [-0.05, 0) is 36.8 Å². The van der Waals surface area contributed by atoms with Crippen molar-refractivity contribution in [2.75, 3.05) is 0 Å². The molecule has 120 valence electrons. The summed E-state index contributed by atoms with van der Waals surface area (Å²) >= 11 is 0. The van der Waals surface area contributed by atoms with Gasteiger partial charge >= 0.3 is 0 Å². The van der Waals surface area contributed by atoms with Gasteiger partial charge in [-0.25, -0.2) is 4.98 Å². The van der Waals surface area contributed by atoms with Crippen molar-refractivity contribution in [3.63, 3.8) is 0 Å². The zero-order valence-electron chi connectivity index (χ0n) is 14.3. The minimum atomic E-state index is -0.150. The summed E-state index contributed by atoms with van der Waals surface area (Å²) in [7, 11) is 0. The van der Waals surface area contributed by atoms with Gasteiger partial charge in [0.05, 0.1) is 23.0 Å². The van der Waals surface area contributed by atoms with Gasteiger partial charge in [0, 0.05) is 11.6 Å². The summed E-state index contributed by atoms with van der Waals surface area (Å²) in [6, 6.07) is 13.2. The van der Waals surface area contributed by atoms with E-state index in [9.17, 15) is 0 Å². The Labute approximate surface area is 141 Å². The minimum absolute atomic E-state index is 0.150. The molecule has 0 fully saturated rings. The molecule has 0 aliphatic heterocycles. The molecule has 0 N–H and O–H groups in total. The Morgan fingerprint density at radius 1 is 1.12 bits per heavy atom. The van der Waals surface area contributed by atoms with E-state index in [1.54, 1.807) is 18.2 Å². The second-order valence-corrected chi connectivity index (χ2v) is 6.83. The summed E-state index contributed by atoms with van der Waals surface area (Å²) in [5.41, 5.74) is 3.94. The first kappa shape index (κ1) is 15.9. The topological polar surface area (TPSA) is 65.8 Å². The molecule has 2 aromatic heterocycles. The van der Waals surface area contributed by atoms with Gasteiger partial charge in [0.25, 0.3) is 0 Å². The molecular formula is C19H19N5. The number of benzene rings is 1. The molecule has 0 bridgehead atoms. The zero-order chi connectivity index (χ0) is 17.3. The highest BCUT2D eigenvalue weighted by molar-refractivity contribution is 5.55.